The van der Waals surface area contributed by atoms with Gasteiger partial charge in [-0.15, -0.1) is 0 Å². The highest BCUT2D eigenvalue weighted by Crippen LogP contribution is 2.56. The Bertz CT molecular complexity index is 1130. The van der Waals surface area contributed by atoms with Gasteiger partial charge in [0.05, 0.1) is 6.04 Å². The molecule has 10 nitrogen and oxygen atoms in total. The Morgan fingerprint density at radius 2 is 1.65 bits per heavy atom. The second-order valence-corrected chi connectivity index (χ2v) is 13.2. The van der Waals surface area contributed by atoms with Crippen molar-refractivity contribution in [1.82, 2.24) is 20.9 Å². The van der Waals surface area contributed by atoms with Crippen LogP contribution in [0.25, 0.3) is 0 Å². The number of hydrogen-bond donors (Lipinski definition) is 3. The third-order valence-corrected chi connectivity index (χ3v) is 9.45. The summed E-state index contributed by atoms with van der Waals surface area (Å²) in [6.07, 6.45) is -5.34. The summed E-state index contributed by atoms with van der Waals surface area (Å²) in [6, 6.07) is -2.80. The van der Waals surface area contributed by atoms with Gasteiger partial charge in [0.2, 0.25) is 11.8 Å². The number of carbonyl (C=O) groups excluding carboxylic acids is 5. The van der Waals surface area contributed by atoms with Gasteiger partial charge in [0.15, 0.2) is 5.78 Å². The van der Waals surface area contributed by atoms with E-state index in [0.29, 0.717) is 46.6 Å². The van der Waals surface area contributed by atoms with E-state index in [1.54, 1.807) is 5.32 Å². The Balaban J connectivity index is 1.91. The van der Waals surface area contributed by atoms with Crippen molar-refractivity contribution in [2.24, 2.45) is 16.7 Å². The summed E-state index contributed by atoms with van der Waals surface area (Å²) >= 11 is 0. The Kier molecular flexibility index (Phi) is 9.89. The topological polar surface area (TPSA) is 134 Å². The van der Waals surface area contributed by atoms with Gasteiger partial charge in [0.1, 0.15) is 18.2 Å². The lowest BCUT2D eigenvalue weighted by molar-refractivity contribution is -0.223. The van der Waals surface area contributed by atoms with Gasteiger partial charge < -0.3 is 25.6 Å². The van der Waals surface area contributed by atoms with E-state index < -0.39 is 76.8 Å². The minimum absolute atomic E-state index is 0.0470. The first-order valence-corrected chi connectivity index (χ1v) is 14.4. The molecule has 0 aromatic heterocycles. The molecule has 0 unspecified atom stereocenters. The van der Waals surface area contributed by atoms with E-state index in [2.05, 4.69) is 15.4 Å². The summed E-state index contributed by atoms with van der Waals surface area (Å²) in [5.74, 6) is -5.77. The van der Waals surface area contributed by atoms with Gasteiger partial charge in [-0.05, 0) is 56.8 Å². The van der Waals surface area contributed by atoms with Crippen molar-refractivity contribution in [1.29, 1.82) is 0 Å². The fraction of sp³-hybridized carbons (Fsp3) is 0.821. The Hall–Kier alpha value is -2.84. The number of Topliss-reactive ketones (excluding diaryl/α,β-unsaturated/α-hetero) is 1. The van der Waals surface area contributed by atoms with Crippen molar-refractivity contribution < 1.29 is 50.7 Å². The lowest BCUT2D eigenvalue weighted by Crippen LogP contribution is -2.67. The molecule has 3 aliphatic rings. The summed E-state index contributed by atoms with van der Waals surface area (Å²) in [6.45, 7) is 4.86. The largest absolute Gasteiger partial charge is 0.410 e. The molecule has 3 N–H and O–H groups in total. The summed E-state index contributed by atoms with van der Waals surface area (Å²) in [7, 11) is 0. The number of alkyl halides is 5. The molecule has 2 aliphatic heterocycles. The van der Waals surface area contributed by atoms with Crippen LogP contribution in [-0.2, 0) is 28.7 Å². The molecule has 5 atom stereocenters. The molecule has 4 amide bonds. The number of likely N-dealkylation sites (tertiary alicyclic amines) is 1. The van der Waals surface area contributed by atoms with Crippen LogP contribution in [0.3, 0.4) is 0 Å². The van der Waals surface area contributed by atoms with Crippen molar-refractivity contribution in [3.05, 3.63) is 0 Å². The molecule has 244 valence electrons. The number of carbonyl (C=O) groups is 5. The number of hydrogen-bond acceptors (Lipinski definition) is 6. The van der Waals surface area contributed by atoms with E-state index in [1.807, 2.05) is 13.8 Å². The van der Waals surface area contributed by atoms with Gasteiger partial charge in [0, 0.05) is 25.9 Å². The maximum Gasteiger partial charge on any atom is 0.410 e. The number of piperidine rings is 1. The lowest BCUT2D eigenvalue weighted by Gasteiger charge is -2.58. The second-order valence-electron chi connectivity index (χ2n) is 13.2. The van der Waals surface area contributed by atoms with E-state index in [-0.39, 0.29) is 25.3 Å². The zero-order valence-electron chi connectivity index (χ0n) is 25.1. The number of amides is 4. The van der Waals surface area contributed by atoms with E-state index in [0.717, 1.165) is 17.7 Å². The Morgan fingerprint density at radius 1 is 1.05 bits per heavy atom. The monoisotopic (exact) mass is 624 g/mol. The number of nitrogens with zero attached hydrogens (tertiary/aromatic N) is 1. The van der Waals surface area contributed by atoms with Gasteiger partial charge in [-0.25, -0.2) is 0 Å². The molecular weight excluding hydrogens is 583 g/mol. The van der Waals surface area contributed by atoms with E-state index in [4.69, 9.17) is 0 Å². The third kappa shape index (κ3) is 7.82. The standard InChI is InChI=1S/C28H41F5N4O6/c1-24(2,28(31,32)33)36-22(41)23(42)37-15-26(4)10-7-6-9-25(26,3)13-18(37)21(40)35-17(12-16-8-11-34-20(16)39)19(38)14-43-27(5,29)30/h16-18H,6-15H2,1-5H3,(H,34,39)(H,35,40)(H,36,41)/t16-,17-,18-,25-,26+/m0/s1. The number of ketones is 1. The van der Waals surface area contributed by atoms with Gasteiger partial charge >= 0.3 is 24.1 Å². The van der Waals surface area contributed by atoms with Crippen LogP contribution in [0.5, 0.6) is 0 Å². The maximum atomic E-state index is 13.8. The molecule has 43 heavy (non-hydrogen) atoms. The molecule has 0 aromatic carbocycles. The Labute approximate surface area is 247 Å². The molecule has 1 saturated carbocycles. The normalized spacial score (nSPS) is 28.9. The number of nitrogens with one attached hydrogen (secondary N) is 3. The summed E-state index contributed by atoms with van der Waals surface area (Å²) in [5, 5.41) is 6.81. The fourth-order valence-corrected chi connectivity index (χ4v) is 6.25. The van der Waals surface area contributed by atoms with Gasteiger partial charge in [0.25, 0.3) is 0 Å². The van der Waals surface area contributed by atoms with Crippen LogP contribution in [0.4, 0.5) is 22.0 Å². The number of ether oxygens (including phenoxy) is 1. The molecule has 3 fully saturated rings. The molecule has 2 saturated heterocycles. The lowest BCUT2D eigenvalue weighted by atomic mass is 9.53. The molecule has 2 heterocycles. The maximum absolute atomic E-state index is 13.8. The molecule has 15 heteroatoms. The van der Waals surface area contributed by atoms with Crippen LogP contribution in [0.1, 0.15) is 79.6 Å². The summed E-state index contributed by atoms with van der Waals surface area (Å²) in [4.78, 5) is 66.2. The zero-order chi connectivity index (χ0) is 32.6. The second kappa shape index (κ2) is 12.3. The van der Waals surface area contributed by atoms with Crippen molar-refractivity contribution >= 4 is 29.4 Å². The van der Waals surface area contributed by atoms with Crippen LogP contribution >= 0.6 is 0 Å². The molecule has 0 spiro atoms. The highest BCUT2D eigenvalue weighted by atomic mass is 19.4. The molecular formula is C28H41F5N4O6. The fourth-order valence-electron chi connectivity index (χ4n) is 6.25. The smallest absolute Gasteiger partial charge is 0.356 e. The van der Waals surface area contributed by atoms with Crippen molar-refractivity contribution in [3.63, 3.8) is 0 Å². The summed E-state index contributed by atoms with van der Waals surface area (Å²) in [5.41, 5.74) is -3.80. The quantitative estimate of drug-likeness (QED) is 0.267. The van der Waals surface area contributed by atoms with Crippen LogP contribution in [0, 0.1) is 16.7 Å². The minimum Gasteiger partial charge on any atom is -0.356 e. The molecule has 0 aromatic rings. The SMILES string of the molecule is CC(F)(F)OCC(=O)[C@H](C[C@@H]1CCNC1=O)NC(=O)[C@@H]1C[C@]2(C)CCCC[C@]2(C)CN1C(=O)C(=O)NC(C)(C)C(F)(F)F. The minimum atomic E-state index is -4.87. The highest BCUT2D eigenvalue weighted by Gasteiger charge is 2.56. The average molecular weight is 625 g/mol. The highest BCUT2D eigenvalue weighted by molar-refractivity contribution is 6.35. The van der Waals surface area contributed by atoms with Crippen LogP contribution in [0.2, 0.25) is 0 Å². The predicted octanol–water partition coefficient (Wildman–Crippen LogP) is 2.84. The van der Waals surface area contributed by atoms with Crippen LogP contribution in [-0.4, -0.2) is 83.9 Å². The van der Waals surface area contributed by atoms with Gasteiger partial charge in [-0.1, -0.05) is 26.7 Å². The van der Waals surface area contributed by atoms with E-state index >= 15 is 0 Å². The van der Waals surface area contributed by atoms with E-state index in [1.165, 1.54) is 0 Å². The number of rotatable bonds is 9. The number of halogens is 5. The average Bonchev–Trinajstić information content (AvgIpc) is 3.28. The molecule has 1 aliphatic carbocycles. The first-order valence-electron chi connectivity index (χ1n) is 14.4. The van der Waals surface area contributed by atoms with Crippen molar-refractivity contribution in [3.8, 4) is 0 Å². The van der Waals surface area contributed by atoms with E-state index in [9.17, 15) is 45.9 Å². The van der Waals surface area contributed by atoms with Crippen LogP contribution < -0.4 is 16.0 Å². The predicted molar refractivity (Wildman–Crippen MR) is 142 cm³/mol. The number of fused-ring (bicyclic) bond motifs is 1. The first-order chi connectivity index (χ1) is 19.6. The summed E-state index contributed by atoms with van der Waals surface area (Å²) < 4.78 is 71.4. The van der Waals surface area contributed by atoms with Gasteiger partial charge in [-0.3, -0.25) is 24.0 Å². The van der Waals surface area contributed by atoms with Crippen molar-refractivity contribution in [2.45, 2.75) is 109 Å². The molecule has 3 rings (SSSR count). The molecule has 0 radical (unpaired) electrons. The molecule has 0 bridgehead atoms. The van der Waals surface area contributed by atoms with Crippen molar-refractivity contribution in [2.75, 3.05) is 19.7 Å². The third-order valence-electron chi connectivity index (χ3n) is 9.45. The zero-order valence-corrected chi connectivity index (χ0v) is 25.1. The first kappa shape index (κ1) is 34.6. The van der Waals surface area contributed by atoms with Gasteiger partial charge in [-0.2, -0.15) is 22.0 Å². The van der Waals surface area contributed by atoms with Crippen LogP contribution in [0.15, 0.2) is 0 Å². The Morgan fingerprint density at radius 3 is 2.19 bits per heavy atom.